The van der Waals surface area contributed by atoms with Crippen molar-refractivity contribution in [3.8, 4) is 18.2 Å². The third-order valence-corrected chi connectivity index (χ3v) is 5.95. The molecule has 2 aliphatic carbocycles. The molecule has 0 bridgehead atoms. The lowest BCUT2D eigenvalue weighted by atomic mass is 9.58. The van der Waals surface area contributed by atoms with Gasteiger partial charge < -0.3 is 5.73 Å². The van der Waals surface area contributed by atoms with E-state index in [9.17, 15) is 15.8 Å². The van der Waals surface area contributed by atoms with Crippen LogP contribution in [-0.4, -0.2) is 0 Å². The van der Waals surface area contributed by atoms with E-state index in [-0.39, 0.29) is 17.5 Å². The first-order chi connectivity index (χ1) is 11.1. The van der Waals surface area contributed by atoms with Crippen LogP contribution in [0.3, 0.4) is 0 Å². The summed E-state index contributed by atoms with van der Waals surface area (Å²) in [6, 6.07) is 10.5. The molecule has 0 fully saturated rings. The van der Waals surface area contributed by atoms with Crippen LogP contribution in [0, 0.1) is 52.2 Å². The lowest BCUT2D eigenvalue weighted by Gasteiger charge is -2.42. The minimum absolute atomic E-state index is 0.00282. The topological polar surface area (TPSA) is 97.4 Å². The molecule has 114 valence electrons. The zero-order valence-corrected chi connectivity index (χ0v) is 13.7. The molecule has 0 amide bonds. The van der Waals surface area contributed by atoms with Crippen molar-refractivity contribution in [2.45, 2.75) is 32.1 Å². The van der Waals surface area contributed by atoms with E-state index in [1.807, 2.05) is 19.1 Å². The predicted molar refractivity (Wildman–Crippen MR) is 87.7 cm³/mol. The summed E-state index contributed by atoms with van der Waals surface area (Å²) in [6.45, 7) is 2.01. The predicted octanol–water partition coefficient (Wildman–Crippen LogP) is 3.65. The number of hydrogen-bond donors (Lipinski definition) is 1. The van der Waals surface area contributed by atoms with Gasteiger partial charge in [0.25, 0.3) is 0 Å². The zero-order chi connectivity index (χ0) is 16.6. The van der Waals surface area contributed by atoms with Gasteiger partial charge in [0.2, 0.25) is 0 Å². The Kier molecular flexibility index (Phi) is 3.72. The van der Waals surface area contributed by atoms with E-state index in [0.717, 1.165) is 34.6 Å². The number of nitrogens with zero attached hydrogens (tertiary/aromatic N) is 3. The Labute approximate surface area is 139 Å². The molecular formula is C18H16N4S. The van der Waals surface area contributed by atoms with Crippen molar-refractivity contribution in [2.24, 2.45) is 17.1 Å². The third kappa shape index (κ3) is 2.07. The molecule has 0 radical (unpaired) electrons. The van der Waals surface area contributed by atoms with Gasteiger partial charge in [0.05, 0.1) is 23.4 Å². The fourth-order valence-electron chi connectivity index (χ4n) is 3.80. The summed E-state index contributed by atoms with van der Waals surface area (Å²) in [5.41, 5.74) is 6.11. The maximum atomic E-state index is 9.84. The van der Waals surface area contributed by atoms with Gasteiger partial charge >= 0.3 is 0 Å². The molecule has 2 unspecified atom stereocenters. The van der Waals surface area contributed by atoms with Crippen LogP contribution in [0.1, 0.15) is 34.9 Å². The third-order valence-electron chi connectivity index (χ3n) is 4.87. The Balaban J connectivity index is 2.33. The van der Waals surface area contributed by atoms with Crippen molar-refractivity contribution in [3.63, 3.8) is 0 Å². The summed E-state index contributed by atoms with van der Waals surface area (Å²) in [7, 11) is 0. The van der Waals surface area contributed by atoms with Crippen molar-refractivity contribution in [1.82, 2.24) is 0 Å². The molecule has 2 atom stereocenters. The molecule has 0 saturated heterocycles. The minimum Gasteiger partial charge on any atom is -0.399 e. The number of nitriles is 3. The highest BCUT2D eigenvalue weighted by Gasteiger charge is 2.54. The van der Waals surface area contributed by atoms with E-state index in [4.69, 9.17) is 5.73 Å². The number of rotatable bonds is 1. The number of allylic oxidation sites excluding steroid dienone is 4. The van der Waals surface area contributed by atoms with Gasteiger partial charge in [-0.15, -0.1) is 11.3 Å². The summed E-state index contributed by atoms with van der Waals surface area (Å²) in [6.07, 6.45) is 4.84. The molecular weight excluding hydrogens is 304 g/mol. The van der Waals surface area contributed by atoms with Crippen LogP contribution in [0.4, 0.5) is 0 Å². The maximum Gasteiger partial charge on any atom is 0.192 e. The molecule has 1 aromatic rings. The van der Waals surface area contributed by atoms with Gasteiger partial charge in [-0.25, -0.2) is 0 Å². The number of thiophene rings is 1. The smallest absolute Gasteiger partial charge is 0.192 e. The quantitative estimate of drug-likeness (QED) is 0.854. The van der Waals surface area contributed by atoms with Crippen LogP contribution in [0.5, 0.6) is 0 Å². The van der Waals surface area contributed by atoms with Gasteiger partial charge in [-0.1, -0.05) is 6.08 Å². The van der Waals surface area contributed by atoms with Gasteiger partial charge in [-0.05, 0) is 49.8 Å². The lowest BCUT2D eigenvalue weighted by Crippen LogP contribution is -2.42. The van der Waals surface area contributed by atoms with Gasteiger partial charge in [0.1, 0.15) is 6.07 Å². The maximum absolute atomic E-state index is 9.84. The Morgan fingerprint density at radius 1 is 1.26 bits per heavy atom. The molecule has 0 aliphatic heterocycles. The highest BCUT2D eigenvalue weighted by atomic mass is 32.1. The molecule has 3 rings (SSSR count). The largest absolute Gasteiger partial charge is 0.399 e. The monoisotopic (exact) mass is 320 g/mol. The van der Waals surface area contributed by atoms with E-state index in [1.54, 1.807) is 11.3 Å². The number of aryl methyl sites for hydroxylation is 1. The molecule has 4 nitrogen and oxygen atoms in total. The van der Waals surface area contributed by atoms with Crippen LogP contribution in [0.25, 0.3) is 0 Å². The first-order valence-electron chi connectivity index (χ1n) is 7.58. The lowest BCUT2D eigenvalue weighted by molar-refractivity contribution is 0.321. The standard InChI is InChI=1S/C18H16N4S/c1-11-6-7-15(23-11)16-13-5-3-2-4-12(13)14(8-19)17(22)18(16,9-20)10-21/h4,6-7,13,16H,2-3,5,22H2,1H3. The molecule has 0 aromatic carbocycles. The second-order valence-corrected chi connectivity index (χ2v) is 7.37. The highest BCUT2D eigenvalue weighted by Crippen LogP contribution is 2.56. The number of fused-ring (bicyclic) bond motifs is 1. The summed E-state index contributed by atoms with van der Waals surface area (Å²) in [4.78, 5) is 2.14. The molecule has 2 aliphatic rings. The van der Waals surface area contributed by atoms with Gasteiger partial charge in [0, 0.05) is 15.7 Å². The van der Waals surface area contributed by atoms with Gasteiger partial charge in [-0.3, -0.25) is 0 Å². The average Bonchev–Trinajstić information content (AvgIpc) is 3.00. The van der Waals surface area contributed by atoms with Crippen molar-refractivity contribution in [3.05, 3.63) is 44.8 Å². The Hall–Kier alpha value is -2.55. The van der Waals surface area contributed by atoms with Crippen molar-refractivity contribution >= 4 is 11.3 Å². The average molecular weight is 320 g/mol. The second kappa shape index (κ2) is 5.58. The zero-order valence-electron chi connectivity index (χ0n) is 12.8. The van der Waals surface area contributed by atoms with Crippen molar-refractivity contribution in [2.75, 3.05) is 0 Å². The first-order valence-corrected chi connectivity index (χ1v) is 8.40. The normalized spacial score (nSPS) is 25.6. The van der Waals surface area contributed by atoms with Gasteiger partial charge in [-0.2, -0.15) is 15.8 Å². The van der Waals surface area contributed by atoms with Crippen LogP contribution in [0.2, 0.25) is 0 Å². The Morgan fingerprint density at radius 3 is 2.57 bits per heavy atom. The molecule has 0 spiro atoms. The van der Waals surface area contributed by atoms with Crippen LogP contribution in [-0.2, 0) is 0 Å². The van der Waals surface area contributed by atoms with E-state index in [1.165, 1.54) is 0 Å². The summed E-state index contributed by atoms with van der Waals surface area (Å²) in [5, 5.41) is 29.2. The van der Waals surface area contributed by atoms with E-state index in [2.05, 4.69) is 24.3 Å². The minimum atomic E-state index is -1.47. The van der Waals surface area contributed by atoms with E-state index < -0.39 is 5.41 Å². The fraction of sp³-hybridized carbons (Fsp3) is 0.389. The SMILES string of the molecule is Cc1ccc(C2C3CCCC=C3C(C#N)=C(N)C2(C#N)C#N)s1. The van der Waals surface area contributed by atoms with Crippen LogP contribution >= 0.6 is 11.3 Å². The molecule has 1 aromatic heterocycles. The number of nitrogens with two attached hydrogens (primary N) is 1. The summed E-state index contributed by atoms with van der Waals surface area (Å²) in [5.74, 6) is -0.303. The molecule has 0 saturated carbocycles. The van der Waals surface area contributed by atoms with Crippen LogP contribution in [0.15, 0.2) is 35.1 Å². The van der Waals surface area contributed by atoms with Crippen LogP contribution < -0.4 is 5.73 Å². The van der Waals surface area contributed by atoms with E-state index in [0.29, 0.717) is 5.57 Å². The van der Waals surface area contributed by atoms with E-state index >= 15 is 0 Å². The highest BCUT2D eigenvalue weighted by molar-refractivity contribution is 7.12. The van der Waals surface area contributed by atoms with Crippen molar-refractivity contribution in [1.29, 1.82) is 15.8 Å². The Morgan fingerprint density at radius 2 is 2.00 bits per heavy atom. The molecule has 1 heterocycles. The Bertz CT molecular complexity index is 824. The fourth-order valence-corrected chi connectivity index (χ4v) is 4.91. The first kappa shape index (κ1) is 15.3. The van der Waals surface area contributed by atoms with Gasteiger partial charge in [0.15, 0.2) is 5.41 Å². The molecule has 23 heavy (non-hydrogen) atoms. The molecule has 2 N–H and O–H groups in total. The summed E-state index contributed by atoms with van der Waals surface area (Å²) >= 11 is 1.60. The second-order valence-electron chi connectivity index (χ2n) is 6.06. The summed E-state index contributed by atoms with van der Waals surface area (Å²) < 4.78 is 0. The molecule has 5 heteroatoms. The van der Waals surface area contributed by atoms with Crippen molar-refractivity contribution < 1.29 is 0 Å². The number of hydrogen-bond acceptors (Lipinski definition) is 5.